The van der Waals surface area contributed by atoms with Gasteiger partial charge in [-0.05, 0) is 102 Å². The zero-order valence-electron chi connectivity index (χ0n) is 31.3. The van der Waals surface area contributed by atoms with Gasteiger partial charge in [0.15, 0.2) is 0 Å². The summed E-state index contributed by atoms with van der Waals surface area (Å²) in [5.41, 5.74) is 0.638. The lowest BCUT2D eigenvalue weighted by atomic mass is 9.78. The third-order valence-corrected chi connectivity index (χ3v) is 10.3. The van der Waals surface area contributed by atoms with Gasteiger partial charge in [-0.15, -0.1) is 0 Å². The monoisotopic (exact) mass is 792 g/mol. The number of imide groups is 2. The van der Waals surface area contributed by atoms with Crippen molar-refractivity contribution in [3.8, 4) is 23.0 Å². The number of anilines is 2. The summed E-state index contributed by atoms with van der Waals surface area (Å²) in [4.78, 5) is 76.3. The van der Waals surface area contributed by atoms with E-state index in [0.717, 1.165) is 28.2 Å². The minimum absolute atomic E-state index is 0.0193. The van der Waals surface area contributed by atoms with Crippen LogP contribution in [-0.2, 0) is 5.41 Å². The Morgan fingerprint density at radius 3 is 1.34 bits per heavy atom. The Labute approximate surface area is 333 Å². The molecule has 0 spiro atoms. The smallest absolute Gasteiger partial charge is 0.296 e. The summed E-state index contributed by atoms with van der Waals surface area (Å²) in [6.45, 7) is 5.74. The molecule has 0 bridgehead atoms. The molecule has 0 fully saturated rings. The maximum Gasteiger partial charge on any atom is 0.296 e. The Kier molecular flexibility index (Phi) is 9.07. The maximum atomic E-state index is 13.7. The van der Waals surface area contributed by atoms with Crippen LogP contribution in [0.2, 0.25) is 0 Å². The number of nitro benzene ring substituents is 2. The van der Waals surface area contributed by atoms with E-state index in [4.69, 9.17) is 9.47 Å². The van der Waals surface area contributed by atoms with Gasteiger partial charge in [0.1, 0.15) is 40.2 Å². The topological polar surface area (TPSA) is 179 Å². The molecule has 292 valence electrons. The molecule has 2 aliphatic rings. The summed E-state index contributed by atoms with van der Waals surface area (Å²) >= 11 is 0. The number of carbonyl (C=O) groups is 4. The van der Waals surface area contributed by atoms with Crippen LogP contribution in [0.1, 0.15) is 72.0 Å². The molecule has 0 aromatic heterocycles. The van der Waals surface area contributed by atoms with Crippen LogP contribution in [0.3, 0.4) is 0 Å². The lowest BCUT2D eigenvalue weighted by Crippen LogP contribution is -2.30. The van der Waals surface area contributed by atoms with Gasteiger partial charge in [0.25, 0.3) is 35.0 Å². The molecule has 0 saturated carbocycles. The zero-order valence-corrected chi connectivity index (χ0v) is 31.3. The molecule has 6 aromatic rings. The van der Waals surface area contributed by atoms with Gasteiger partial charge in [0.05, 0.1) is 38.2 Å². The first kappa shape index (κ1) is 37.8. The van der Waals surface area contributed by atoms with Gasteiger partial charge in [-0.2, -0.15) is 0 Å². The second kappa shape index (κ2) is 14.1. The average molecular weight is 793 g/mol. The standard InChI is InChI=1S/C44H29FN4O10/c1-24-4-18-36(38(20-24)48(54)55)46-40(50)32-16-14-30(22-34(32)42(46)52)58-28-10-5-25(6-11-28)44(2,3)26-7-12-29(13-8-26)59-31-15-17-33-35(23-31)43(53)47(41(33)51)37-19-9-27(45)21-39(37)49(56)57/h4-23H,1-3H3. The molecule has 0 N–H and O–H groups in total. The van der Waals surface area contributed by atoms with E-state index in [1.165, 1.54) is 42.5 Å². The maximum absolute atomic E-state index is 13.7. The summed E-state index contributed by atoms with van der Waals surface area (Å²) < 4.78 is 25.8. The molecule has 2 aliphatic heterocycles. The molecular formula is C44H29FN4O10. The molecule has 0 aliphatic carbocycles. The van der Waals surface area contributed by atoms with Gasteiger partial charge in [-0.25, -0.2) is 14.2 Å². The third-order valence-electron chi connectivity index (χ3n) is 10.3. The SMILES string of the molecule is Cc1ccc(N2C(=O)c3ccc(Oc4ccc(C(C)(C)c5ccc(Oc6ccc7c(c6)C(=O)N(c6ccc(F)cc6[N+](=O)[O-])C7=O)cc5)cc4)cc3C2=O)c([N+](=O)[O-])c1. The van der Waals surface area contributed by atoms with Crippen LogP contribution in [-0.4, -0.2) is 33.5 Å². The number of hydrogen-bond donors (Lipinski definition) is 0. The van der Waals surface area contributed by atoms with Crippen LogP contribution < -0.4 is 19.3 Å². The van der Waals surface area contributed by atoms with Gasteiger partial charge in [0, 0.05) is 11.5 Å². The molecule has 14 nitrogen and oxygen atoms in total. The molecule has 0 radical (unpaired) electrons. The highest BCUT2D eigenvalue weighted by atomic mass is 19.1. The number of rotatable bonds is 10. The van der Waals surface area contributed by atoms with E-state index >= 15 is 0 Å². The van der Waals surface area contributed by atoms with Gasteiger partial charge >= 0.3 is 0 Å². The van der Waals surface area contributed by atoms with Crippen LogP contribution in [0.15, 0.2) is 121 Å². The van der Waals surface area contributed by atoms with Crippen LogP contribution in [0.5, 0.6) is 23.0 Å². The van der Waals surface area contributed by atoms with Crippen molar-refractivity contribution >= 4 is 46.4 Å². The largest absolute Gasteiger partial charge is 0.457 e. The fourth-order valence-corrected chi connectivity index (χ4v) is 7.12. The highest BCUT2D eigenvalue weighted by molar-refractivity contribution is 6.36. The van der Waals surface area contributed by atoms with Crippen LogP contribution >= 0.6 is 0 Å². The van der Waals surface area contributed by atoms with E-state index in [2.05, 4.69) is 0 Å². The van der Waals surface area contributed by atoms with Crippen LogP contribution in [0, 0.1) is 33.0 Å². The van der Waals surface area contributed by atoms with Crippen LogP contribution in [0.4, 0.5) is 27.1 Å². The van der Waals surface area contributed by atoms with Gasteiger partial charge in [0.2, 0.25) is 0 Å². The zero-order chi connectivity index (χ0) is 41.9. The first-order chi connectivity index (χ1) is 28.1. The summed E-state index contributed by atoms with van der Waals surface area (Å²) in [5.74, 6) is -2.40. The summed E-state index contributed by atoms with van der Waals surface area (Å²) in [7, 11) is 0. The number of carbonyl (C=O) groups excluding carboxylic acids is 4. The summed E-state index contributed by atoms with van der Waals surface area (Å²) in [6.07, 6.45) is 0. The number of nitrogens with zero attached hydrogens (tertiary/aromatic N) is 4. The molecule has 0 saturated heterocycles. The Balaban J connectivity index is 0.945. The highest BCUT2D eigenvalue weighted by Crippen LogP contribution is 2.40. The van der Waals surface area contributed by atoms with Gasteiger partial charge < -0.3 is 9.47 Å². The van der Waals surface area contributed by atoms with E-state index in [0.29, 0.717) is 33.8 Å². The van der Waals surface area contributed by atoms with Gasteiger partial charge in [-0.1, -0.05) is 44.2 Å². The number of fused-ring (bicyclic) bond motifs is 2. The first-order valence-electron chi connectivity index (χ1n) is 17.9. The lowest BCUT2D eigenvalue weighted by Gasteiger charge is -2.26. The minimum Gasteiger partial charge on any atom is -0.457 e. The van der Waals surface area contributed by atoms with Crippen molar-refractivity contribution in [1.29, 1.82) is 0 Å². The Morgan fingerprint density at radius 2 is 0.898 bits per heavy atom. The van der Waals surface area contributed by atoms with Crippen molar-refractivity contribution in [3.63, 3.8) is 0 Å². The Bertz CT molecular complexity index is 2630. The van der Waals surface area contributed by atoms with Crippen LogP contribution in [0.25, 0.3) is 0 Å². The third kappa shape index (κ3) is 6.59. The summed E-state index contributed by atoms with van der Waals surface area (Å²) in [5, 5.41) is 23.3. The predicted octanol–water partition coefficient (Wildman–Crippen LogP) is 9.46. The molecule has 2 heterocycles. The van der Waals surface area contributed by atoms with E-state index in [9.17, 15) is 43.8 Å². The highest BCUT2D eigenvalue weighted by Gasteiger charge is 2.41. The quantitative estimate of drug-likeness (QED) is 0.0737. The van der Waals surface area contributed by atoms with Crippen molar-refractivity contribution in [1.82, 2.24) is 0 Å². The van der Waals surface area contributed by atoms with Crippen molar-refractivity contribution in [3.05, 3.63) is 186 Å². The molecule has 0 unspecified atom stereocenters. The summed E-state index contributed by atoms with van der Waals surface area (Å²) in [6, 6.07) is 30.2. The van der Waals surface area contributed by atoms with E-state index in [1.54, 1.807) is 43.3 Å². The Hall–Kier alpha value is -8.07. The molecule has 6 aromatic carbocycles. The number of ether oxygens (including phenoxy) is 2. The van der Waals surface area contributed by atoms with Crippen molar-refractivity contribution in [2.45, 2.75) is 26.2 Å². The number of benzene rings is 6. The molecule has 4 amide bonds. The van der Waals surface area contributed by atoms with Crippen molar-refractivity contribution < 1.29 is 42.9 Å². The van der Waals surface area contributed by atoms with E-state index in [1.807, 2.05) is 38.1 Å². The average Bonchev–Trinajstić information content (AvgIpc) is 3.61. The number of amides is 4. The number of hydrogen-bond acceptors (Lipinski definition) is 10. The number of nitro groups is 2. The molecule has 0 atom stereocenters. The van der Waals surface area contributed by atoms with Crippen molar-refractivity contribution in [2.75, 3.05) is 9.80 Å². The lowest BCUT2D eigenvalue weighted by molar-refractivity contribution is -0.384. The predicted molar refractivity (Wildman–Crippen MR) is 211 cm³/mol. The molecule has 15 heteroatoms. The second-order valence-electron chi connectivity index (χ2n) is 14.3. The second-order valence-corrected chi connectivity index (χ2v) is 14.3. The van der Waals surface area contributed by atoms with E-state index < -0.39 is 50.4 Å². The first-order valence-corrected chi connectivity index (χ1v) is 17.9. The number of aryl methyl sites for hydroxylation is 1. The van der Waals surface area contributed by atoms with Crippen molar-refractivity contribution in [2.24, 2.45) is 0 Å². The molecule has 8 rings (SSSR count). The molecular weight excluding hydrogens is 764 g/mol. The normalized spacial score (nSPS) is 13.4. The van der Waals surface area contributed by atoms with Gasteiger partial charge in [-0.3, -0.25) is 39.4 Å². The minimum atomic E-state index is -0.884. The Morgan fingerprint density at radius 1 is 0.508 bits per heavy atom. The van der Waals surface area contributed by atoms with E-state index in [-0.39, 0.29) is 45.1 Å². The molecule has 59 heavy (non-hydrogen) atoms. The fourth-order valence-electron chi connectivity index (χ4n) is 7.12. The fraction of sp³-hybridized carbons (Fsp3) is 0.0909. The number of halogens is 1.